The molecule has 7 nitrogen and oxygen atoms in total. The highest BCUT2D eigenvalue weighted by atomic mass is 16.5. The normalized spacial score (nSPS) is 20.7. The Hall–Kier alpha value is -1.66. The van der Waals surface area contributed by atoms with Crippen molar-refractivity contribution in [3.63, 3.8) is 0 Å². The Morgan fingerprint density at radius 3 is 3.07 bits per heavy atom. The summed E-state index contributed by atoms with van der Waals surface area (Å²) in [6.45, 7) is 2.61. The van der Waals surface area contributed by atoms with Crippen molar-refractivity contribution in [1.29, 1.82) is 0 Å². The van der Waals surface area contributed by atoms with E-state index in [2.05, 4.69) is 10.6 Å². The molecule has 1 aliphatic heterocycles. The SMILES string of the molecule is CCOC(=O)CC1C(=O)NCCN1N=O. The van der Waals surface area contributed by atoms with E-state index in [0.29, 0.717) is 13.1 Å². The number of carbonyl (C=O) groups excluding carboxylic acids is 2. The number of nitrogens with zero attached hydrogens (tertiary/aromatic N) is 2. The van der Waals surface area contributed by atoms with E-state index in [4.69, 9.17) is 4.74 Å². The predicted octanol–water partition coefficient (Wildman–Crippen LogP) is -0.579. The number of piperazine rings is 1. The average molecular weight is 215 g/mol. The van der Waals surface area contributed by atoms with Crippen molar-refractivity contribution in [2.45, 2.75) is 19.4 Å². The molecule has 1 rings (SSSR count). The van der Waals surface area contributed by atoms with Crippen LogP contribution in [-0.4, -0.2) is 42.6 Å². The molecule has 7 heteroatoms. The summed E-state index contributed by atoms with van der Waals surface area (Å²) in [5.41, 5.74) is 0. The number of nitroso groups, excluding NO2 is 1. The fourth-order valence-corrected chi connectivity index (χ4v) is 1.38. The molecule has 0 aromatic heterocycles. The molecule has 0 saturated carbocycles. The number of ether oxygens (including phenoxy) is 1. The van der Waals surface area contributed by atoms with E-state index in [0.717, 1.165) is 5.01 Å². The highest BCUT2D eigenvalue weighted by Gasteiger charge is 2.32. The third kappa shape index (κ3) is 2.90. The first-order valence-electron chi connectivity index (χ1n) is 4.72. The quantitative estimate of drug-likeness (QED) is 0.500. The van der Waals surface area contributed by atoms with Gasteiger partial charge in [0.15, 0.2) is 0 Å². The second kappa shape index (κ2) is 5.28. The summed E-state index contributed by atoms with van der Waals surface area (Å²) in [5, 5.41) is 6.33. The van der Waals surface area contributed by atoms with E-state index in [1.807, 2.05) is 0 Å². The van der Waals surface area contributed by atoms with Gasteiger partial charge in [-0.05, 0) is 6.92 Å². The smallest absolute Gasteiger partial charge is 0.308 e. The number of amides is 1. The van der Waals surface area contributed by atoms with Crippen molar-refractivity contribution >= 4 is 11.9 Å². The van der Waals surface area contributed by atoms with Crippen LogP contribution in [0.3, 0.4) is 0 Å². The number of nitrogens with one attached hydrogen (secondary N) is 1. The third-order valence-corrected chi connectivity index (χ3v) is 2.07. The molecular formula is C8H13N3O4. The Bertz CT molecular complexity index is 269. The first kappa shape index (κ1) is 11.4. The Balaban J connectivity index is 2.58. The van der Waals surface area contributed by atoms with Gasteiger partial charge in [0.05, 0.1) is 24.9 Å². The molecule has 0 spiro atoms. The first-order chi connectivity index (χ1) is 7.19. The lowest BCUT2D eigenvalue weighted by atomic mass is 10.1. The van der Waals surface area contributed by atoms with Gasteiger partial charge in [0.1, 0.15) is 6.04 Å². The summed E-state index contributed by atoms with van der Waals surface area (Å²) < 4.78 is 4.70. The van der Waals surface area contributed by atoms with Crippen molar-refractivity contribution < 1.29 is 14.3 Å². The second-order valence-electron chi connectivity index (χ2n) is 3.06. The zero-order valence-electron chi connectivity index (χ0n) is 8.43. The third-order valence-electron chi connectivity index (χ3n) is 2.07. The molecule has 0 aromatic carbocycles. The van der Waals surface area contributed by atoms with Gasteiger partial charge >= 0.3 is 5.97 Å². The Morgan fingerprint density at radius 1 is 1.73 bits per heavy atom. The van der Waals surface area contributed by atoms with Crippen molar-refractivity contribution in [3.8, 4) is 0 Å². The fraction of sp³-hybridized carbons (Fsp3) is 0.750. The highest BCUT2D eigenvalue weighted by Crippen LogP contribution is 2.09. The number of hydrogen-bond acceptors (Lipinski definition) is 5. The van der Waals surface area contributed by atoms with Crippen LogP contribution in [0.15, 0.2) is 5.29 Å². The van der Waals surface area contributed by atoms with Gasteiger partial charge in [0.25, 0.3) is 0 Å². The van der Waals surface area contributed by atoms with E-state index in [9.17, 15) is 14.5 Å². The molecule has 1 heterocycles. The molecule has 0 aromatic rings. The summed E-state index contributed by atoms with van der Waals surface area (Å²) in [7, 11) is 0. The van der Waals surface area contributed by atoms with Crippen LogP contribution in [0.2, 0.25) is 0 Å². The van der Waals surface area contributed by atoms with Crippen molar-refractivity contribution in [2.24, 2.45) is 5.29 Å². The summed E-state index contributed by atoms with van der Waals surface area (Å²) in [5.74, 6) is -0.873. The van der Waals surface area contributed by atoms with Gasteiger partial charge in [-0.25, -0.2) is 5.01 Å². The van der Waals surface area contributed by atoms with Crippen molar-refractivity contribution in [1.82, 2.24) is 10.3 Å². The fourth-order valence-electron chi connectivity index (χ4n) is 1.38. The Kier molecular flexibility index (Phi) is 4.02. The maximum absolute atomic E-state index is 11.3. The molecule has 0 aliphatic carbocycles. The Labute approximate surface area is 86.7 Å². The standard InChI is InChI=1S/C8H13N3O4/c1-2-15-7(12)5-6-8(13)9-3-4-11(6)10-14/h6H,2-5H2,1H3,(H,9,13). The van der Waals surface area contributed by atoms with Gasteiger partial charge in [-0.3, -0.25) is 9.59 Å². The lowest BCUT2D eigenvalue weighted by molar-refractivity contribution is -0.148. The molecular weight excluding hydrogens is 202 g/mol. The average Bonchev–Trinajstić information content (AvgIpc) is 2.21. The molecule has 1 atom stereocenters. The van der Waals surface area contributed by atoms with Gasteiger partial charge < -0.3 is 10.1 Å². The number of esters is 1. The molecule has 1 amide bonds. The first-order valence-corrected chi connectivity index (χ1v) is 4.72. The summed E-state index contributed by atoms with van der Waals surface area (Å²) in [6.07, 6.45) is -0.147. The van der Waals surface area contributed by atoms with Crippen LogP contribution < -0.4 is 5.32 Å². The van der Waals surface area contributed by atoms with Crippen LogP contribution in [-0.2, 0) is 14.3 Å². The molecule has 15 heavy (non-hydrogen) atoms. The van der Waals surface area contributed by atoms with Crippen molar-refractivity contribution in [2.75, 3.05) is 19.7 Å². The number of rotatable bonds is 4. The lowest BCUT2D eigenvalue weighted by Crippen LogP contribution is -2.53. The summed E-state index contributed by atoms with van der Waals surface area (Å²) in [6, 6.07) is -0.838. The summed E-state index contributed by atoms with van der Waals surface area (Å²) in [4.78, 5) is 32.9. The molecule has 84 valence electrons. The molecule has 1 unspecified atom stereocenters. The molecule has 1 N–H and O–H groups in total. The molecule has 1 saturated heterocycles. The summed E-state index contributed by atoms with van der Waals surface area (Å²) >= 11 is 0. The van der Waals surface area contributed by atoms with Crippen LogP contribution >= 0.6 is 0 Å². The number of carbonyl (C=O) groups is 2. The topological polar surface area (TPSA) is 88.1 Å². The monoisotopic (exact) mass is 215 g/mol. The van der Waals surface area contributed by atoms with Crippen LogP contribution in [0, 0.1) is 4.91 Å². The van der Waals surface area contributed by atoms with Crippen LogP contribution in [0.5, 0.6) is 0 Å². The van der Waals surface area contributed by atoms with Crippen LogP contribution in [0.25, 0.3) is 0 Å². The van der Waals surface area contributed by atoms with E-state index < -0.39 is 12.0 Å². The maximum Gasteiger partial charge on any atom is 0.308 e. The van der Waals surface area contributed by atoms with Gasteiger partial charge in [-0.2, -0.15) is 0 Å². The van der Waals surface area contributed by atoms with Crippen LogP contribution in [0.4, 0.5) is 0 Å². The molecule has 0 bridgehead atoms. The lowest BCUT2D eigenvalue weighted by Gasteiger charge is -2.29. The van der Waals surface area contributed by atoms with E-state index in [1.165, 1.54) is 0 Å². The largest absolute Gasteiger partial charge is 0.466 e. The van der Waals surface area contributed by atoms with Crippen LogP contribution in [0.1, 0.15) is 13.3 Å². The minimum atomic E-state index is -0.838. The van der Waals surface area contributed by atoms with E-state index in [-0.39, 0.29) is 18.9 Å². The van der Waals surface area contributed by atoms with E-state index in [1.54, 1.807) is 6.92 Å². The van der Waals surface area contributed by atoms with E-state index >= 15 is 0 Å². The minimum Gasteiger partial charge on any atom is -0.466 e. The molecule has 0 radical (unpaired) electrons. The highest BCUT2D eigenvalue weighted by molar-refractivity contribution is 5.87. The van der Waals surface area contributed by atoms with Gasteiger partial charge in [0.2, 0.25) is 5.91 Å². The zero-order valence-corrected chi connectivity index (χ0v) is 8.43. The zero-order chi connectivity index (χ0) is 11.3. The van der Waals surface area contributed by atoms with Crippen molar-refractivity contribution in [3.05, 3.63) is 4.91 Å². The Morgan fingerprint density at radius 2 is 2.47 bits per heavy atom. The van der Waals surface area contributed by atoms with Gasteiger partial charge in [0, 0.05) is 6.54 Å². The predicted molar refractivity (Wildman–Crippen MR) is 50.5 cm³/mol. The minimum absolute atomic E-state index is 0.147. The maximum atomic E-state index is 11.3. The number of hydrogen-bond donors (Lipinski definition) is 1. The second-order valence-corrected chi connectivity index (χ2v) is 3.06. The molecule has 1 fully saturated rings. The molecule has 1 aliphatic rings. The van der Waals surface area contributed by atoms with Gasteiger partial charge in [-0.1, -0.05) is 0 Å². The van der Waals surface area contributed by atoms with Gasteiger partial charge in [-0.15, -0.1) is 4.91 Å².